The Kier molecular flexibility index (Phi) is 5.33. The highest BCUT2D eigenvalue weighted by molar-refractivity contribution is 8.15. The molecule has 0 unspecified atom stereocenters. The summed E-state index contributed by atoms with van der Waals surface area (Å²) in [6.07, 6.45) is 3.41. The molecule has 118 valence electrons. The highest BCUT2D eigenvalue weighted by Crippen LogP contribution is 2.30. The zero-order chi connectivity index (χ0) is 15.6. The van der Waals surface area contributed by atoms with Crippen molar-refractivity contribution in [1.29, 1.82) is 0 Å². The number of rotatable bonds is 7. The molecule has 0 atom stereocenters. The van der Waals surface area contributed by atoms with Crippen LogP contribution in [0.3, 0.4) is 0 Å². The summed E-state index contributed by atoms with van der Waals surface area (Å²) in [4.78, 5) is 15.1. The Morgan fingerprint density at radius 3 is 2.57 bits per heavy atom. The van der Waals surface area contributed by atoms with E-state index < -0.39 is 9.05 Å². The van der Waals surface area contributed by atoms with E-state index in [9.17, 15) is 13.2 Å². The Hall–Kier alpha value is -0.590. The van der Waals surface area contributed by atoms with Crippen molar-refractivity contribution in [2.45, 2.75) is 49.8 Å². The van der Waals surface area contributed by atoms with Gasteiger partial charge in [-0.15, -0.1) is 11.3 Å². The highest BCUT2D eigenvalue weighted by atomic mass is 35.7. The summed E-state index contributed by atoms with van der Waals surface area (Å²) in [5.41, 5.74) is 0. The molecule has 0 aromatic carbocycles. The third-order valence-corrected chi connectivity index (χ3v) is 6.64. The second-order valence-electron chi connectivity index (χ2n) is 5.84. The molecule has 1 aromatic rings. The van der Waals surface area contributed by atoms with E-state index in [0.29, 0.717) is 12.0 Å². The van der Waals surface area contributed by atoms with Gasteiger partial charge in [-0.2, -0.15) is 0 Å². The highest BCUT2D eigenvalue weighted by Gasteiger charge is 2.32. The Bertz CT molecular complexity index is 605. The Balaban J connectivity index is 2.00. The summed E-state index contributed by atoms with van der Waals surface area (Å²) < 4.78 is 22.6. The van der Waals surface area contributed by atoms with Crippen molar-refractivity contribution in [2.24, 2.45) is 5.92 Å². The number of hydrogen-bond acceptors (Lipinski definition) is 4. The molecule has 0 aliphatic heterocycles. The van der Waals surface area contributed by atoms with Gasteiger partial charge in [-0.1, -0.05) is 13.8 Å². The van der Waals surface area contributed by atoms with Crippen LogP contribution in [-0.2, 0) is 20.3 Å². The van der Waals surface area contributed by atoms with Crippen molar-refractivity contribution in [2.75, 3.05) is 6.54 Å². The molecule has 0 N–H and O–H groups in total. The summed E-state index contributed by atoms with van der Waals surface area (Å²) in [7, 11) is 1.61. The first-order valence-electron chi connectivity index (χ1n) is 7.10. The molecule has 1 aromatic heterocycles. The number of halogens is 1. The van der Waals surface area contributed by atoms with Crippen LogP contribution < -0.4 is 0 Å². The van der Waals surface area contributed by atoms with Crippen LogP contribution in [0.4, 0.5) is 0 Å². The second-order valence-corrected chi connectivity index (χ2v) is 9.80. The fourth-order valence-electron chi connectivity index (χ4n) is 2.13. The lowest BCUT2D eigenvalue weighted by molar-refractivity contribution is -0.131. The number of thiophene rings is 1. The van der Waals surface area contributed by atoms with Gasteiger partial charge in [-0.25, -0.2) is 8.42 Å². The van der Waals surface area contributed by atoms with Gasteiger partial charge in [0.1, 0.15) is 4.21 Å². The summed E-state index contributed by atoms with van der Waals surface area (Å²) in [5.74, 6) is 0.646. The van der Waals surface area contributed by atoms with Gasteiger partial charge in [0.25, 0.3) is 9.05 Å². The van der Waals surface area contributed by atoms with Crippen molar-refractivity contribution in [1.82, 2.24) is 4.90 Å². The monoisotopic (exact) mass is 349 g/mol. The van der Waals surface area contributed by atoms with Crippen molar-refractivity contribution in [3.8, 4) is 0 Å². The van der Waals surface area contributed by atoms with Crippen molar-refractivity contribution >= 4 is 37.0 Å². The lowest BCUT2D eigenvalue weighted by Crippen LogP contribution is -2.35. The van der Waals surface area contributed by atoms with Crippen LogP contribution in [0.15, 0.2) is 16.3 Å². The molecule has 1 saturated carbocycles. The van der Waals surface area contributed by atoms with E-state index in [1.54, 1.807) is 6.07 Å². The quantitative estimate of drug-likeness (QED) is 0.710. The SMILES string of the molecule is CC(C)CCN(C(=O)Cc1ccc(S(=O)(=O)Cl)s1)C1CC1. The van der Waals surface area contributed by atoms with E-state index in [2.05, 4.69) is 13.8 Å². The second kappa shape index (κ2) is 6.67. The maximum Gasteiger partial charge on any atom is 0.270 e. The van der Waals surface area contributed by atoms with Gasteiger partial charge in [0.15, 0.2) is 0 Å². The molecule has 1 aliphatic carbocycles. The van der Waals surface area contributed by atoms with Gasteiger partial charge >= 0.3 is 0 Å². The molecular formula is C14H20ClNO3S2. The zero-order valence-electron chi connectivity index (χ0n) is 12.2. The van der Waals surface area contributed by atoms with Crippen molar-refractivity contribution in [3.05, 3.63) is 17.0 Å². The number of carbonyl (C=O) groups is 1. The van der Waals surface area contributed by atoms with Gasteiger partial charge in [-0.05, 0) is 37.3 Å². The molecule has 7 heteroatoms. The van der Waals surface area contributed by atoms with E-state index in [-0.39, 0.29) is 16.5 Å². The maximum absolute atomic E-state index is 12.4. The minimum Gasteiger partial charge on any atom is -0.339 e. The first kappa shape index (κ1) is 16.8. The third kappa shape index (κ3) is 4.97. The summed E-state index contributed by atoms with van der Waals surface area (Å²) >= 11 is 1.07. The lowest BCUT2D eigenvalue weighted by atomic mass is 10.1. The summed E-state index contributed by atoms with van der Waals surface area (Å²) in [6, 6.07) is 3.52. The molecule has 1 aliphatic rings. The Morgan fingerprint density at radius 1 is 1.43 bits per heavy atom. The predicted molar refractivity (Wildman–Crippen MR) is 85.3 cm³/mol. The van der Waals surface area contributed by atoms with Crippen LogP contribution in [0.2, 0.25) is 0 Å². The van der Waals surface area contributed by atoms with Crippen LogP contribution in [0.1, 0.15) is 38.0 Å². The Labute approximate surface area is 134 Å². The molecule has 21 heavy (non-hydrogen) atoms. The van der Waals surface area contributed by atoms with Crippen LogP contribution in [0.25, 0.3) is 0 Å². The molecule has 0 spiro atoms. The molecule has 1 amide bonds. The van der Waals surface area contributed by atoms with Crippen molar-refractivity contribution in [3.63, 3.8) is 0 Å². The molecule has 1 heterocycles. The molecular weight excluding hydrogens is 330 g/mol. The maximum atomic E-state index is 12.4. The van der Waals surface area contributed by atoms with Gasteiger partial charge in [0.2, 0.25) is 5.91 Å². The number of carbonyl (C=O) groups excluding carboxylic acids is 1. The minimum absolute atomic E-state index is 0.0820. The predicted octanol–water partition coefficient (Wildman–Crippen LogP) is 3.26. The van der Waals surface area contributed by atoms with Gasteiger partial charge in [0, 0.05) is 28.1 Å². The number of hydrogen-bond donors (Lipinski definition) is 0. The van der Waals surface area contributed by atoms with Crippen LogP contribution in [-0.4, -0.2) is 31.8 Å². The lowest BCUT2D eigenvalue weighted by Gasteiger charge is -2.23. The van der Waals surface area contributed by atoms with Gasteiger partial charge in [0.05, 0.1) is 6.42 Å². The van der Waals surface area contributed by atoms with Crippen LogP contribution >= 0.6 is 22.0 Å². The normalized spacial score (nSPS) is 15.4. The zero-order valence-corrected chi connectivity index (χ0v) is 14.6. The van der Waals surface area contributed by atoms with Crippen LogP contribution in [0, 0.1) is 5.92 Å². The molecule has 0 radical (unpaired) electrons. The fourth-order valence-corrected chi connectivity index (χ4v) is 4.24. The first-order chi connectivity index (χ1) is 9.77. The van der Waals surface area contributed by atoms with E-state index in [0.717, 1.165) is 42.0 Å². The minimum atomic E-state index is -3.70. The number of nitrogens with zero attached hydrogens (tertiary/aromatic N) is 1. The van der Waals surface area contributed by atoms with E-state index in [1.165, 1.54) is 6.07 Å². The summed E-state index contributed by atoms with van der Waals surface area (Å²) in [6.45, 7) is 5.08. The standard InChI is InChI=1S/C14H20ClNO3S2/c1-10(2)7-8-16(11-3-4-11)13(17)9-12-5-6-14(20-12)21(15,18)19/h5-6,10-11H,3-4,7-9H2,1-2H3. The molecule has 0 saturated heterocycles. The van der Waals surface area contributed by atoms with Gasteiger partial charge in [-0.3, -0.25) is 4.79 Å². The molecule has 1 fully saturated rings. The molecule has 4 nitrogen and oxygen atoms in total. The van der Waals surface area contributed by atoms with E-state index in [1.807, 2.05) is 4.90 Å². The largest absolute Gasteiger partial charge is 0.339 e. The Morgan fingerprint density at radius 2 is 2.10 bits per heavy atom. The van der Waals surface area contributed by atoms with Crippen LogP contribution in [0.5, 0.6) is 0 Å². The average Bonchev–Trinajstić information content (AvgIpc) is 3.06. The summed E-state index contributed by atoms with van der Waals surface area (Å²) in [5, 5.41) is 0. The van der Waals surface area contributed by atoms with Gasteiger partial charge < -0.3 is 4.90 Å². The van der Waals surface area contributed by atoms with E-state index in [4.69, 9.17) is 10.7 Å². The number of amides is 1. The smallest absolute Gasteiger partial charge is 0.270 e. The van der Waals surface area contributed by atoms with E-state index >= 15 is 0 Å². The molecule has 2 rings (SSSR count). The van der Waals surface area contributed by atoms with Crippen molar-refractivity contribution < 1.29 is 13.2 Å². The fraction of sp³-hybridized carbons (Fsp3) is 0.643. The topological polar surface area (TPSA) is 54.5 Å². The third-order valence-electron chi connectivity index (χ3n) is 3.46. The first-order valence-corrected chi connectivity index (χ1v) is 10.2. The molecule has 0 bridgehead atoms. The average molecular weight is 350 g/mol.